The van der Waals surface area contributed by atoms with Crippen molar-refractivity contribution in [2.75, 3.05) is 0 Å². The summed E-state index contributed by atoms with van der Waals surface area (Å²) in [5, 5.41) is 0. The fourth-order valence-electron chi connectivity index (χ4n) is 1.74. The molecule has 0 aliphatic heterocycles. The van der Waals surface area contributed by atoms with Crippen molar-refractivity contribution in [2.24, 2.45) is 5.41 Å². The second-order valence-corrected chi connectivity index (χ2v) is 5.29. The average molecular weight is 216 g/mol. The highest BCUT2D eigenvalue weighted by Crippen LogP contribution is 2.20. The minimum Gasteiger partial charge on any atom is -0.303 e. The maximum Gasteiger partial charge on any atom is 0.151 e. The van der Waals surface area contributed by atoms with Crippen molar-refractivity contribution in [3.63, 3.8) is 0 Å². The zero-order valence-corrected chi connectivity index (χ0v) is 9.90. The fourth-order valence-corrected chi connectivity index (χ4v) is 1.74. The van der Waals surface area contributed by atoms with E-state index >= 15 is 0 Å². The highest BCUT2D eigenvalue weighted by atomic mass is 16.1. The van der Waals surface area contributed by atoms with Gasteiger partial charge in [-0.1, -0.05) is 20.8 Å². The molecule has 0 atom stereocenters. The number of pyridine rings is 1. The summed E-state index contributed by atoms with van der Waals surface area (Å²) >= 11 is 0. The third-order valence-corrected chi connectivity index (χ3v) is 2.45. The Kier molecular flexibility index (Phi) is 2.54. The van der Waals surface area contributed by atoms with E-state index in [2.05, 4.69) is 25.8 Å². The van der Waals surface area contributed by atoms with Crippen LogP contribution >= 0.6 is 0 Å². The molecule has 16 heavy (non-hydrogen) atoms. The highest BCUT2D eigenvalue weighted by molar-refractivity contribution is 5.75. The van der Waals surface area contributed by atoms with Gasteiger partial charge in [0.15, 0.2) is 6.29 Å². The Balaban J connectivity index is 2.50. The zero-order chi connectivity index (χ0) is 11.8. The van der Waals surface area contributed by atoms with Crippen LogP contribution in [-0.4, -0.2) is 15.7 Å². The molecule has 2 heterocycles. The summed E-state index contributed by atoms with van der Waals surface area (Å²) in [5.74, 6) is 1.01. The smallest absolute Gasteiger partial charge is 0.151 e. The van der Waals surface area contributed by atoms with Crippen molar-refractivity contribution >= 4 is 11.8 Å². The first kappa shape index (κ1) is 10.9. The standard InChI is InChI=1S/C13H16N2O/c1-13(2,3)6-12-14-7-11-5-4-10(9-16)8-15(11)12/h4-5,7-9H,6H2,1-3H3. The second kappa shape index (κ2) is 3.74. The summed E-state index contributed by atoms with van der Waals surface area (Å²) in [6.07, 6.45) is 5.44. The molecular formula is C13H16N2O. The summed E-state index contributed by atoms with van der Waals surface area (Å²) in [6, 6.07) is 3.73. The summed E-state index contributed by atoms with van der Waals surface area (Å²) in [5.41, 5.74) is 1.91. The van der Waals surface area contributed by atoms with Crippen LogP contribution in [0.15, 0.2) is 24.5 Å². The average Bonchev–Trinajstić information content (AvgIpc) is 2.58. The van der Waals surface area contributed by atoms with E-state index in [4.69, 9.17) is 0 Å². The van der Waals surface area contributed by atoms with Gasteiger partial charge >= 0.3 is 0 Å². The maximum atomic E-state index is 10.7. The van der Waals surface area contributed by atoms with Crippen LogP contribution in [0.3, 0.4) is 0 Å². The number of hydrogen-bond acceptors (Lipinski definition) is 2. The lowest BCUT2D eigenvalue weighted by Gasteiger charge is -2.16. The van der Waals surface area contributed by atoms with Crippen LogP contribution in [0, 0.1) is 5.41 Å². The van der Waals surface area contributed by atoms with E-state index in [1.54, 1.807) is 0 Å². The van der Waals surface area contributed by atoms with Crippen LogP contribution in [0.4, 0.5) is 0 Å². The summed E-state index contributed by atoms with van der Waals surface area (Å²) in [7, 11) is 0. The van der Waals surface area contributed by atoms with E-state index in [9.17, 15) is 4.79 Å². The van der Waals surface area contributed by atoms with Gasteiger partial charge in [0, 0.05) is 18.2 Å². The van der Waals surface area contributed by atoms with E-state index < -0.39 is 0 Å². The Morgan fingerprint density at radius 1 is 1.38 bits per heavy atom. The van der Waals surface area contributed by atoms with Crippen molar-refractivity contribution < 1.29 is 4.79 Å². The van der Waals surface area contributed by atoms with Gasteiger partial charge in [-0.15, -0.1) is 0 Å². The van der Waals surface area contributed by atoms with Crippen LogP contribution in [-0.2, 0) is 6.42 Å². The van der Waals surface area contributed by atoms with Gasteiger partial charge in [0.25, 0.3) is 0 Å². The summed E-state index contributed by atoms with van der Waals surface area (Å²) in [4.78, 5) is 15.1. The quantitative estimate of drug-likeness (QED) is 0.723. The van der Waals surface area contributed by atoms with Gasteiger partial charge in [-0.05, 0) is 17.5 Å². The van der Waals surface area contributed by atoms with Crippen molar-refractivity contribution in [2.45, 2.75) is 27.2 Å². The van der Waals surface area contributed by atoms with E-state index in [0.717, 1.165) is 24.0 Å². The van der Waals surface area contributed by atoms with Crippen LogP contribution in [0.5, 0.6) is 0 Å². The Labute approximate surface area is 95.1 Å². The largest absolute Gasteiger partial charge is 0.303 e. The van der Waals surface area contributed by atoms with Crippen molar-refractivity contribution in [3.05, 3.63) is 35.9 Å². The molecule has 0 bridgehead atoms. The topological polar surface area (TPSA) is 34.4 Å². The maximum absolute atomic E-state index is 10.7. The predicted molar refractivity (Wildman–Crippen MR) is 63.7 cm³/mol. The van der Waals surface area contributed by atoms with Crippen LogP contribution in [0.25, 0.3) is 5.52 Å². The molecule has 0 N–H and O–H groups in total. The van der Waals surface area contributed by atoms with E-state index in [-0.39, 0.29) is 5.41 Å². The number of carbonyl (C=O) groups is 1. The molecule has 0 unspecified atom stereocenters. The van der Waals surface area contributed by atoms with Gasteiger partial charge in [-0.2, -0.15) is 0 Å². The van der Waals surface area contributed by atoms with Crippen molar-refractivity contribution in [1.82, 2.24) is 9.38 Å². The van der Waals surface area contributed by atoms with Gasteiger partial charge in [-0.3, -0.25) is 4.79 Å². The monoisotopic (exact) mass is 216 g/mol. The third kappa shape index (κ3) is 2.13. The molecule has 0 radical (unpaired) electrons. The van der Waals surface area contributed by atoms with Gasteiger partial charge in [-0.25, -0.2) is 4.98 Å². The number of imidazole rings is 1. The number of aromatic nitrogens is 2. The Morgan fingerprint density at radius 3 is 2.75 bits per heavy atom. The lowest BCUT2D eigenvalue weighted by atomic mass is 9.92. The van der Waals surface area contributed by atoms with E-state index in [0.29, 0.717) is 5.56 Å². The molecule has 0 fully saturated rings. The van der Waals surface area contributed by atoms with Gasteiger partial charge < -0.3 is 4.40 Å². The molecule has 0 saturated heterocycles. The molecule has 0 saturated carbocycles. The minimum absolute atomic E-state index is 0.193. The molecule has 2 rings (SSSR count). The Morgan fingerprint density at radius 2 is 2.12 bits per heavy atom. The van der Waals surface area contributed by atoms with Crippen LogP contribution in [0.1, 0.15) is 37.0 Å². The Hall–Kier alpha value is -1.64. The number of nitrogens with zero attached hydrogens (tertiary/aromatic N) is 2. The number of hydrogen-bond donors (Lipinski definition) is 0. The first-order chi connectivity index (χ1) is 7.49. The van der Waals surface area contributed by atoms with Gasteiger partial charge in [0.1, 0.15) is 5.82 Å². The minimum atomic E-state index is 0.193. The van der Waals surface area contributed by atoms with E-state index in [1.165, 1.54) is 0 Å². The first-order valence-corrected chi connectivity index (χ1v) is 5.41. The predicted octanol–water partition coefficient (Wildman–Crippen LogP) is 2.74. The number of fused-ring (bicyclic) bond motifs is 1. The number of carbonyl (C=O) groups excluding carboxylic acids is 1. The zero-order valence-electron chi connectivity index (χ0n) is 9.90. The van der Waals surface area contributed by atoms with Crippen LogP contribution < -0.4 is 0 Å². The van der Waals surface area contributed by atoms with Crippen molar-refractivity contribution in [3.8, 4) is 0 Å². The summed E-state index contributed by atoms with van der Waals surface area (Å²) in [6.45, 7) is 6.53. The molecule has 2 aromatic heterocycles. The van der Waals surface area contributed by atoms with Crippen LogP contribution in [0.2, 0.25) is 0 Å². The molecule has 2 aromatic rings. The molecule has 3 nitrogen and oxygen atoms in total. The molecule has 0 aliphatic carbocycles. The van der Waals surface area contributed by atoms with E-state index in [1.807, 2.05) is 28.9 Å². The van der Waals surface area contributed by atoms with Gasteiger partial charge in [0.05, 0.1) is 11.7 Å². The second-order valence-electron chi connectivity index (χ2n) is 5.29. The lowest BCUT2D eigenvalue weighted by Crippen LogP contribution is -2.12. The molecule has 84 valence electrons. The van der Waals surface area contributed by atoms with Crippen molar-refractivity contribution in [1.29, 1.82) is 0 Å². The first-order valence-electron chi connectivity index (χ1n) is 5.41. The summed E-state index contributed by atoms with van der Waals surface area (Å²) < 4.78 is 2.00. The SMILES string of the molecule is CC(C)(C)Cc1ncc2ccc(C=O)cn12. The molecule has 0 spiro atoms. The molecule has 0 amide bonds. The lowest BCUT2D eigenvalue weighted by molar-refractivity contribution is 0.112. The highest BCUT2D eigenvalue weighted by Gasteiger charge is 2.15. The van der Waals surface area contributed by atoms with Gasteiger partial charge in [0.2, 0.25) is 0 Å². The fraction of sp³-hybridized carbons (Fsp3) is 0.385. The normalized spacial score (nSPS) is 11.9. The Bertz CT molecular complexity index is 520. The molecule has 0 aromatic carbocycles. The number of rotatable bonds is 2. The molecule has 3 heteroatoms. The molecular weight excluding hydrogens is 200 g/mol. The molecule has 0 aliphatic rings. The third-order valence-electron chi connectivity index (χ3n) is 2.45. The number of aldehydes is 1.